The van der Waals surface area contributed by atoms with Crippen molar-refractivity contribution in [1.82, 2.24) is 9.80 Å². The first-order valence-electron chi connectivity index (χ1n) is 14.5. The van der Waals surface area contributed by atoms with Gasteiger partial charge in [-0.05, 0) is 54.2 Å². The highest BCUT2D eigenvalue weighted by atomic mass is 35.5. The topological polar surface area (TPSA) is 112 Å². The number of carbonyl (C=O) groups is 2. The lowest BCUT2D eigenvalue weighted by Gasteiger charge is -2.26. The van der Waals surface area contributed by atoms with E-state index in [1.165, 1.54) is 22.7 Å². The Balaban J connectivity index is 0.00000480. The Hall–Kier alpha value is -3.16. The van der Waals surface area contributed by atoms with E-state index in [0.29, 0.717) is 58.1 Å². The molecule has 248 valence electrons. The van der Waals surface area contributed by atoms with Crippen LogP contribution >= 0.6 is 35.0 Å². The molecule has 46 heavy (non-hydrogen) atoms. The first kappa shape index (κ1) is 35.7. The summed E-state index contributed by atoms with van der Waals surface area (Å²) >= 11 is 14.4. The number of thioether (sulfide) groups is 1. The normalized spacial score (nSPS) is 16.9. The van der Waals surface area contributed by atoms with Crippen molar-refractivity contribution < 1.29 is 43.0 Å². The molecule has 2 heterocycles. The minimum Gasteiger partial charge on any atom is -0.870 e. The van der Waals surface area contributed by atoms with Crippen molar-refractivity contribution in [3.63, 3.8) is 0 Å². The Morgan fingerprint density at radius 3 is 2.50 bits per heavy atom. The number of H-pyrrole nitrogens is 1. The van der Waals surface area contributed by atoms with Crippen molar-refractivity contribution in [1.29, 1.82) is 0 Å². The summed E-state index contributed by atoms with van der Waals surface area (Å²) in [6.07, 6.45) is 4.44. The molecule has 9 nitrogen and oxygen atoms in total. The van der Waals surface area contributed by atoms with Gasteiger partial charge >= 0.3 is 12.6 Å². The van der Waals surface area contributed by atoms with Gasteiger partial charge in [0.25, 0.3) is 5.91 Å². The highest BCUT2D eigenvalue weighted by Gasteiger charge is 2.35. The van der Waals surface area contributed by atoms with Crippen molar-refractivity contribution in [3.8, 4) is 11.5 Å². The number of benzene rings is 2. The molecule has 14 heteroatoms. The quantitative estimate of drug-likeness (QED) is 0.196. The summed E-state index contributed by atoms with van der Waals surface area (Å²) in [5.41, 5.74) is 2.53. The smallest absolute Gasteiger partial charge is 0.387 e. The summed E-state index contributed by atoms with van der Waals surface area (Å²) in [5, 5.41) is 0.105. The first-order valence-corrected chi connectivity index (χ1v) is 16.3. The van der Waals surface area contributed by atoms with Crippen LogP contribution in [0, 0.1) is 5.92 Å². The van der Waals surface area contributed by atoms with Crippen molar-refractivity contribution in [2.75, 3.05) is 33.0 Å². The molecule has 1 saturated carbocycles. The van der Waals surface area contributed by atoms with Gasteiger partial charge in [-0.1, -0.05) is 41.4 Å². The Morgan fingerprint density at radius 2 is 1.83 bits per heavy atom. The maximum Gasteiger partial charge on any atom is 0.387 e. The number of ether oxygens (including phenoxy) is 3. The third-order valence-electron chi connectivity index (χ3n) is 7.52. The van der Waals surface area contributed by atoms with Crippen LogP contribution in [0.25, 0.3) is 0 Å². The zero-order chi connectivity index (χ0) is 32.1. The number of pyridine rings is 1. The maximum atomic E-state index is 13.8. The molecule has 1 saturated heterocycles. The molecule has 1 aliphatic heterocycles. The molecule has 2 fully saturated rings. The van der Waals surface area contributed by atoms with E-state index in [1.807, 2.05) is 23.1 Å². The van der Waals surface area contributed by atoms with Crippen LogP contribution in [-0.2, 0) is 22.5 Å². The van der Waals surface area contributed by atoms with E-state index < -0.39 is 24.1 Å². The third-order valence-corrected chi connectivity index (χ3v) is 9.42. The van der Waals surface area contributed by atoms with Gasteiger partial charge in [-0.3, -0.25) is 9.69 Å². The zero-order valence-corrected chi connectivity index (χ0v) is 27.6. The molecule has 2 aliphatic rings. The monoisotopic (exact) mass is 697 g/mol. The van der Waals surface area contributed by atoms with Gasteiger partial charge in [-0.2, -0.15) is 8.78 Å². The number of esters is 1. The van der Waals surface area contributed by atoms with E-state index in [2.05, 4.69) is 4.98 Å². The van der Waals surface area contributed by atoms with Crippen LogP contribution in [0.2, 0.25) is 10.0 Å². The predicted octanol–water partition coefficient (Wildman–Crippen LogP) is 6.12. The molecule has 1 aromatic heterocycles. The zero-order valence-electron chi connectivity index (χ0n) is 25.3. The lowest BCUT2D eigenvalue weighted by Crippen LogP contribution is -2.36. The summed E-state index contributed by atoms with van der Waals surface area (Å²) in [7, 11) is 3.40. The van der Waals surface area contributed by atoms with Crippen LogP contribution in [0.1, 0.15) is 46.0 Å². The van der Waals surface area contributed by atoms with E-state index in [9.17, 15) is 18.4 Å². The molecule has 2 atom stereocenters. The fourth-order valence-corrected chi connectivity index (χ4v) is 6.66. The molecule has 0 unspecified atom stereocenters. The maximum absolute atomic E-state index is 13.8. The van der Waals surface area contributed by atoms with E-state index in [0.717, 1.165) is 18.4 Å². The Bertz CT molecular complexity index is 1510. The minimum atomic E-state index is -3.03. The Morgan fingerprint density at radius 1 is 1.09 bits per heavy atom. The molecule has 2 aromatic carbocycles. The van der Waals surface area contributed by atoms with Crippen LogP contribution in [-0.4, -0.2) is 72.1 Å². The van der Waals surface area contributed by atoms with Crippen molar-refractivity contribution in [2.45, 2.75) is 43.9 Å². The molecule has 0 spiro atoms. The second-order valence-corrected chi connectivity index (χ2v) is 13.2. The van der Waals surface area contributed by atoms with Gasteiger partial charge in [0, 0.05) is 50.5 Å². The average Bonchev–Trinajstić information content (AvgIpc) is 3.73. The van der Waals surface area contributed by atoms with Gasteiger partial charge in [0.2, 0.25) is 0 Å². The van der Waals surface area contributed by atoms with Gasteiger partial charge in [0.15, 0.2) is 29.3 Å². The molecule has 1 amide bonds. The van der Waals surface area contributed by atoms with Gasteiger partial charge in [0.05, 0.1) is 6.61 Å². The molecule has 5 rings (SSSR count). The Labute approximate surface area is 280 Å². The van der Waals surface area contributed by atoms with Crippen molar-refractivity contribution >= 4 is 46.8 Å². The number of hydrogen-bond donors (Lipinski definition) is 0. The largest absolute Gasteiger partial charge is 0.870 e. The Kier molecular flexibility index (Phi) is 12.5. The summed E-state index contributed by atoms with van der Waals surface area (Å²) in [6.45, 7) is -1.57. The van der Waals surface area contributed by atoms with Gasteiger partial charge in [-0.15, -0.1) is 11.8 Å². The van der Waals surface area contributed by atoms with E-state index >= 15 is 0 Å². The molecule has 0 bridgehead atoms. The second-order valence-electron chi connectivity index (χ2n) is 11.2. The predicted molar refractivity (Wildman–Crippen MR) is 170 cm³/mol. The highest BCUT2D eigenvalue weighted by Crippen LogP contribution is 2.38. The van der Waals surface area contributed by atoms with Gasteiger partial charge in [-0.25, -0.2) is 9.78 Å². The number of nitrogens with one attached hydrogen (secondary N) is 1. The number of alkyl halides is 2. The molecule has 2 N–H and O–H groups in total. The number of halogens is 4. The number of nitrogens with zero attached hydrogens (tertiary/aromatic N) is 2. The summed E-state index contributed by atoms with van der Waals surface area (Å²) < 4.78 is 43.1. The lowest BCUT2D eigenvalue weighted by atomic mass is 10.0. The van der Waals surface area contributed by atoms with Gasteiger partial charge < -0.3 is 24.6 Å². The number of aromatic nitrogens is 1. The number of carbonyl (C=O) groups excluding carboxylic acids is 2. The fourth-order valence-electron chi connectivity index (χ4n) is 4.98. The standard InChI is InChI=1S/C32H33Cl2F2N3O5S.H2O/c1-38(2)29(40)22-5-3-4-20(12-22)17-39-10-11-45-30(39)31(41)43-27(14-23-24(33)15-37-16-25(23)34)21-8-9-26(44-32(35)36)28(13-21)42-18-19-6-7-19;/h3-5,8-9,12-13,15-16,19,27,30,32H,6-7,10-11,14,17-18H2,1-2H3;1H2/t27-,30-;/m0./s1. The van der Waals surface area contributed by atoms with E-state index in [-0.39, 0.29) is 29.3 Å². The highest BCUT2D eigenvalue weighted by molar-refractivity contribution is 8.00. The molecule has 3 aromatic rings. The number of rotatable bonds is 13. The molecule has 1 aliphatic carbocycles. The fraction of sp³-hybridized carbons (Fsp3) is 0.406. The van der Waals surface area contributed by atoms with Crippen LogP contribution in [0.5, 0.6) is 11.5 Å². The van der Waals surface area contributed by atoms with Gasteiger partial charge in [0.1, 0.15) is 16.1 Å². The summed E-state index contributed by atoms with van der Waals surface area (Å²) in [5.74, 6) is 0.553. The summed E-state index contributed by atoms with van der Waals surface area (Å²) in [4.78, 5) is 32.7. The van der Waals surface area contributed by atoms with Crippen LogP contribution in [0.4, 0.5) is 8.78 Å². The molecule has 0 radical (unpaired) electrons. The minimum absolute atomic E-state index is 0. The third kappa shape index (κ3) is 9.22. The van der Waals surface area contributed by atoms with Crippen molar-refractivity contribution in [2.24, 2.45) is 5.92 Å². The molecular weight excluding hydrogens is 663 g/mol. The summed E-state index contributed by atoms with van der Waals surface area (Å²) in [6, 6.07) is 11.9. The van der Waals surface area contributed by atoms with Crippen LogP contribution < -0.4 is 14.5 Å². The second kappa shape index (κ2) is 16.1. The lowest BCUT2D eigenvalue weighted by molar-refractivity contribution is -0.377. The van der Waals surface area contributed by atoms with Crippen LogP contribution in [0.3, 0.4) is 0 Å². The SMILES string of the molecule is CN(C)C(=O)c1cccc(CN2CCS[C@H]2C(=O)O[C@@H](Cc2c(Cl)c[nH+]cc2Cl)c2ccc(OC(F)F)c(OCC3CC3)c2)c1.[OH-]. The number of hydrogen-bond acceptors (Lipinski definition) is 8. The van der Waals surface area contributed by atoms with E-state index in [1.54, 1.807) is 44.7 Å². The van der Waals surface area contributed by atoms with Crippen LogP contribution in [0.15, 0.2) is 54.9 Å². The molecular formula is C32H35Cl2F2N3O6S. The average molecular weight is 699 g/mol. The number of aromatic amines is 1. The number of amides is 1. The van der Waals surface area contributed by atoms with Crippen molar-refractivity contribution in [3.05, 3.63) is 87.2 Å². The van der Waals surface area contributed by atoms with E-state index in [4.69, 9.17) is 37.4 Å². The first-order chi connectivity index (χ1) is 21.6.